The minimum atomic E-state index is -0.578. The van der Waals surface area contributed by atoms with Crippen LogP contribution in [-0.2, 0) is 16.1 Å². The predicted molar refractivity (Wildman–Crippen MR) is 89.1 cm³/mol. The number of carbonyl (C=O) groups is 2. The lowest BCUT2D eigenvalue weighted by Crippen LogP contribution is -2.30. The highest BCUT2D eigenvalue weighted by Crippen LogP contribution is 2.21. The second kappa shape index (κ2) is 7.44. The number of hydrogen-bond acceptors (Lipinski definition) is 6. The maximum absolute atomic E-state index is 12.2. The first-order valence-electron chi connectivity index (χ1n) is 7.71. The molecule has 1 heterocycles. The summed E-state index contributed by atoms with van der Waals surface area (Å²) in [5.74, 6) is -0.441. The average molecular weight is 346 g/mol. The molecular formula is C17H18N2O4S. The van der Waals surface area contributed by atoms with Crippen molar-refractivity contribution in [2.45, 2.75) is 32.4 Å². The van der Waals surface area contributed by atoms with Gasteiger partial charge in [-0.15, -0.1) is 11.3 Å². The first-order chi connectivity index (χ1) is 11.6. The van der Waals surface area contributed by atoms with Crippen LogP contribution in [0.15, 0.2) is 29.6 Å². The number of amides is 1. The Bertz CT molecular complexity index is 740. The molecule has 126 valence electrons. The molecule has 24 heavy (non-hydrogen) atoms. The highest BCUT2D eigenvalue weighted by molar-refractivity contribution is 7.09. The number of nitrogens with zero attached hydrogens (tertiary/aromatic N) is 1. The standard InChI is InChI=1S/C17H18N2O4S/c1-11-18-13(10-24-11)8-22-15-5-3-2-4-14(15)17(21)23-9-16(20)19-12-6-7-12/h2-5,10,12H,6-9H2,1H3,(H,19,20). The fourth-order valence-electron chi connectivity index (χ4n) is 2.09. The molecular weight excluding hydrogens is 328 g/mol. The van der Waals surface area contributed by atoms with Crippen LogP contribution >= 0.6 is 11.3 Å². The Balaban J connectivity index is 1.57. The number of aryl methyl sites for hydroxylation is 1. The van der Waals surface area contributed by atoms with E-state index in [1.165, 1.54) is 0 Å². The van der Waals surface area contributed by atoms with Gasteiger partial charge >= 0.3 is 5.97 Å². The Labute approximate surface area is 143 Å². The smallest absolute Gasteiger partial charge is 0.342 e. The van der Waals surface area contributed by atoms with E-state index in [1.807, 2.05) is 12.3 Å². The van der Waals surface area contributed by atoms with Crippen LogP contribution in [0.1, 0.15) is 33.9 Å². The zero-order chi connectivity index (χ0) is 16.9. The van der Waals surface area contributed by atoms with Crippen LogP contribution in [0.4, 0.5) is 0 Å². The van der Waals surface area contributed by atoms with Gasteiger partial charge in [0.25, 0.3) is 5.91 Å². The molecule has 0 atom stereocenters. The lowest BCUT2D eigenvalue weighted by atomic mass is 10.2. The Kier molecular flexibility index (Phi) is 5.10. The molecule has 2 aromatic rings. The largest absolute Gasteiger partial charge is 0.486 e. The van der Waals surface area contributed by atoms with Gasteiger partial charge in [0.2, 0.25) is 0 Å². The molecule has 3 rings (SSSR count). The number of esters is 1. The summed E-state index contributed by atoms with van der Waals surface area (Å²) >= 11 is 1.54. The summed E-state index contributed by atoms with van der Waals surface area (Å²) in [6.07, 6.45) is 1.99. The van der Waals surface area contributed by atoms with Crippen molar-refractivity contribution in [3.63, 3.8) is 0 Å². The summed E-state index contributed by atoms with van der Waals surface area (Å²) < 4.78 is 10.8. The van der Waals surface area contributed by atoms with Gasteiger partial charge in [-0.05, 0) is 31.9 Å². The average Bonchev–Trinajstić information content (AvgIpc) is 3.29. The van der Waals surface area contributed by atoms with Crippen LogP contribution < -0.4 is 10.1 Å². The fourth-order valence-corrected chi connectivity index (χ4v) is 2.69. The third-order valence-corrected chi connectivity index (χ3v) is 4.25. The third kappa shape index (κ3) is 4.55. The second-order valence-electron chi connectivity index (χ2n) is 5.56. The Morgan fingerprint density at radius 1 is 1.33 bits per heavy atom. The van der Waals surface area contributed by atoms with Crippen LogP contribution in [0.25, 0.3) is 0 Å². The third-order valence-electron chi connectivity index (χ3n) is 3.43. The van der Waals surface area contributed by atoms with E-state index in [-0.39, 0.29) is 25.2 Å². The number of para-hydroxylation sites is 1. The monoisotopic (exact) mass is 346 g/mol. The number of hydrogen-bond donors (Lipinski definition) is 1. The molecule has 1 aromatic carbocycles. The molecule has 1 amide bonds. The summed E-state index contributed by atoms with van der Waals surface area (Å²) in [4.78, 5) is 28.1. The minimum Gasteiger partial charge on any atom is -0.486 e. The quantitative estimate of drug-likeness (QED) is 0.779. The molecule has 1 aromatic heterocycles. The first-order valence-corrected chi connectivity index (χ1v) is 8.59. The molecule has 1 saturated carbocycles. The number of carbonyl (C=O) groups excluding carboxylic acids is 2. The molecule has 0 aliphatic heterocycles. The Hall–Kier alpha value is -2.41. The van der Waals surface area contributed by atoms with Crippen molar-refractivity contribution in [1.29, 1.82) is 0 Å². The van der Waals surface area contributed by atoms with E-state index < -0.39 is 5.97 Å². The molecule has 0 spiro atoms. The molecule has 1 N–H and O–H groups in total. The van der Waals surface area contributed by atoms with Crippen LogP contribution in [0.5, 0.6) is 5.75 Å². The van der Waals surface area contributed by atoms with E-state index in [0.717, 1.165) is 23.5 Å². The molecule has 0 saturated heterocycles. The highest BCUT2D eigenvalue weighted by atomic mass is 32.1. The molecule has 1 aliphatic carbocycles. The predicted octanol–water partition coefficient (Wildman–Crippen LogP) is 2.47. The van der Waals surface area contributed by atoms with Crippen molar-refractivity contribution in [2.24, 2.45) is 0 Å². The number of rotatable bonds is 7. The molecule has 0 radical (unpaired) electrons. The van der Waals surface area contributed by atoms with Crippen molar-refractivity contribution >= 4 is 23.2 Å². The van der Waals surface area contributed by atoms with Crippen molar-refractivity contribution in [3.8, 4) is 5.75 Å². The first kappa shape index (κ1) is 16.4. The SMILES string of the molecule is Cc1nc(COc2ccccc2C(=O)OCC(=O)NC2CC2)cs1. The summed E-state index contributed by atoms with van der Waals surface area (Å²) in [5.41, 5.74) is 1.10. The topological polar surface area (TPSA) is 77.5 Å². The molecule has 7 heteroatoms. The van der Waals surface area contributed by atoms with Gasteiger partial charge in [0, 0.05) is 11.4 Å². The minimum absolute atomic E-state index is 0.244. The molecule has 0 unspecified atom stereocenters. The van der Waals surface area contributed by atoms with E-state index in [9.17, 15) is 9.59 Å². The fraction of sp³-hybridized carbons (Fsp3) is 0.353. The second-order valence-corrected chi connectivity index (χ2v) is 6.62. The van der Waals surface area contributed by atoms with Crippen LogP contribution in [0.3, 0.4) is 0 Å². The number of thiazole rings is 1. The summed E-state index contributed by atoms with van der Waals surface area (Å²) in [5, 5.41) is 5.65. The van der Waals surface area contributed by atoms with Gasteiger partial charge in [-0.2, -0.15) is 0 Å². The van der Waals surface area contributed by atoms with E-state index in [0.29, 0.717) is 11.3 Å². The summed E-state index contributed by atoms with van der Waals surface area (Å²) in [6.45, 7) is 1.91. The maximum atomic E-state index is 12.2. The lowest BCUT2D eigenvalue weighted by Gasteiger charge is -2.10. The van der Waals surface area contributed by atoms with E-state index in [1.54, 1.807) is 35.6 Å². The van der Waals surface area contributed by atoms with Crippen molar-refractivity contribution < 1.29 is 19.1 Å². The normalized spacial score (nSPS) is 13.4. The van der Waals surface area contributed by atoms with Crippen LogP contribution in [-0.4, -0.2) is 29.5 Å². The summed E-state index contributed by atoms with van der Waals surface area (Å²) in [7, 11) is 0. The Morgan fingerprint density at radius 2 is 2.12 bits per heavy atom. The van der Waals surface area contributed by atoms with Gasteiger partial charge in [0.15, 0.2) is 6.61 Å². The van der Waals surface area contributed by atoms with Gasteiger partial charge < -0.3 is 14.8 Å². The zero-order valence-electron chi connectivity index (χ0n) is 13.3. The maximum Gasteiger partial charge on any atom is 0.342 e. The molecule has 0 bridgehead atoms. The number of ether oxygens (including phenoxy) is 2. The van der Waals surface area contributed by atoms with Crippen molar-refractivity contribution in [2.75, 3.05) is 6.61 Å². The van der Waals surface area contributed by atoms with E-state index in [4.69, 9.17) is 9.47 Å². The number of nitrogens with one attached hydrogen (secondary N) is 1. The van der Waals surface area contributed by atoms with Gasteiger partial charge in [-0.1, -0.05) is 12.1 Å². The molecule has 1 aliphatic rings. The van der Waals surface area contributed by atoms with Gasteiger partial charge in [-0.25, -0.2) is 9.78 Å². The highest BCUT2D eigenvalue weighted by Gasteiger charge is 2.24. The lowest BCUT2D eigenvalue weighted by molar-refractivity contribution is -0.124. The molecule has 1 fully saturated rings. The Morgan fingerprint density at radius 3 is 2.83 bits per heavy atom. The number of aromatic nitrogens is 1. The van der Waals surface area contributed by atoms with E-state index in [2.05, 4.69) is 10.3 Å². The van der Waals surface area contributed by atoms with Crippen molar-refractivity contribution in [3.05, 3.63) is 45.9 Å². The number of benzene rings is 1. The van der Waals surface area contributed by atoms with Gasteiger partial charge in [0.05, 0.1) is 10.7 Å². The summed E-state index contributed by atoms with van der Waals surface area (Å²) in [6, 6.07) is 7.05. The van der Waals surface area contributed by atoms with Crippen LogP contribution in [0.2, 0.25) is 0 Å². The van der Waals surface area contributed by atoms with Crippen LogP contribution in [0, 0.1) is 6.92 Å². The van der Waals surface area contributed by atoms with Gasteiger partial charge in [0.1, 0.15) is 17.9 Å². The molecule has 6 nitrogen and oxygen atoms in total. The van der Waals surface area contributed by atoms with Gasteiger partial charge in [-0.3, -0.25) is 4.79 Å². The van der Waals surface area contributed by atoms with Crippen molar-refractivity contribution in [1.82, 2.24) is 10.3 Å². The van der Waals surface area contributed by atoms with E-state index >= 15 is 0 Å². The zero-order valence-corrected chi connectivity index (χ0v) is 14.1.